The molecule has 0 aliphatic rings. The Labute approximate surface area is 69.1 Å². The van der Waals surface area contributed by atoms with Gasteiger partial charge in [-0.1, -0.05) is 19.6 Å². The Hall–Kier alpha value is -0.723. The lowest BCUT2D eigenvalue weighted by Crippen LogP contribution is -2.32. The second-order valence-corrected chi connectivity index (χ2v) is 7.57. The van der Waals surface area contributed by atoms with Gasteiger partial charge in [-0.25, -0.2) is 0 Å². The number of halogens is 3. The summed E-state index contributed by atoms with van der Waals surface area (Å²) in [5.74, 6) is 0. The Kier molecular flexibility index (Phi) is 3.14. The molecule has 0 radical (unpaired) electrons. The van der Waals surface area contributed by atoms with Gasteiger partial charge in [0, 0.05) is 4.90 Å². The lowest BCUT2D eigenvalue weighted by atomic mass is 10.7. The van der Waals surface area contributed by atoms with Gasteiger partial charge >= 0.3 is 12.4 Å². The highest BCUT2D eigenvalue weighted by molar-refractivity contribution is 6.69. The fraction of sp³-hybridized carbons (Fsp3) is 0.800. The Morgan fingerprint density at radius 3 is 2.00 bits per heavy atom. The first kappa shape index (κ1) is 11.3. The lowest BCUT2D eigenvalue weighted by molar-refractivity contribution is -0.703. The number of hydrogen-bond donors (Lipinski definition) is 0. The summed E-state index contributed by atoms with van der Waals surface area (Å²) in [4.78, 5) is -0.522. The average Bonchev–Trinajstić information content (AvgIpc) is 1.49. The molecule has 0 amide bonds. The summed E-state index contributed by atoms with van der Waals surface area (Å²) in [5.41, 5.74) is 0. The highest BCUT2D eigenvalue weighted by Crippen LogP contribution is 2.11. The van der Waals surface area contributed by atoms with Crippen LogP contribution < -0.4 is 0 Å². The normalized spacial score (nSPS) is 14.7. The molecule has 0 saturated carbocycles. The predicted octanol–water partition coefficient (Wildman–Crippen LogP) is 1.90. The molecule has 0 unspecified atom stereocenters. The molecule has 0 aliphatic heterocycles. The third-order valence-electron chi connectivity index (χ3n) is 0.616. The van der Waals surface area contributed by atoms with Crippen LogP contribution in [0.3, 0.4) is 0 Å². The van der Waals surface area contributed by atoms with Crippen LogP contribution in [0.4, 0.5) is 13.2 Å². The summed E-state index contributed by atoms with van der Waals surface area (Å²) in [6.45, 7) is 4.84. The molecule has 0 fully saturated rings. The Morgan fingerprint density at radius 1 is 1.33 bits per heavy atom. The molecule has 0 spiro atoms. The average molecular weight is 201 g/mol. The topological polar surface area (TPSA) is 35.3 Å². The highest BCUT2D eigenvalue weighted by atomic mass is 28.4. The van der Waals surface area contributed by atoms with Gasteiger partial charge in [0.2, 0.25) is 0 Å². The minimum Gasteiger partial charge on any atom is -0.443 e. The maximum Gasteiger partial charge on any atom is 0.475 e. The molecule has 0 aromatic heterocycles. The van der Waals surface area contributed by atoms with Gasteiger partial charge in [0.15, 0.2) is 8.32 Å². The minimum absolute atomic E-state index is 0.453. The van der Waals surface area contributed by atoms with Crippen molar-refractivity contribution in [2.24, 2.45) is 0 Å². The number of alkyl halides is 3. The SMILES string of the molecule is C[Si](C)(C)O/[N+]([O-])=C/C(F)(F)F. The number of hydrogen-bond acceptors (Lipinski definition) is 2. The first-order valence-electron chi connectivity index (χ1n) is 3.18. The first-order valence-corrected chi connectivity index (χ1v) is 6.59. The van der Waals surface area contributed by atoms with E-state index in [0.29, 0.717) is 0 Å². The Balaban J connectivity index is 4.23. The summed E-state index contributed by atoms with van der Waals surface area (Å²) in [6.07, 6.45) is -5.08. The van der Waals surface area contributed by atoms with Crippen molar-refractivity contribution in [2.45, 2.75) is 25.8 Å². The van der Waals surface area contributed by atoms with Crippen LogP contribution in [0, 0.1) is 5.21 Å². The summed E-state index contributed by atoms with van der Waals surface area (Å²) < 4.78 is 39.0. The second kappa shape index (κ2) is 3.34. The van der Waals surface area contributed by atoms with Crippen molar-refractivity contribution in [1.29, 1.82) is 0 Å². The smallest absolute Gasteiger partial charge is 0.443 e. The van der Waals surface area contributed by atoms with Crippen molar-refractivity contribution in [3.05, 3.63) is 5.21 Å². The number of nitrogens with zero attached hydrogens (tertiary/aromatic N) is 1. The van der Waals surface area contributed by atoms with Crippen LogP contribution in [-0.4, -0.2) is 25.6 Å². The van der Waals surface area contributed by atoms with E-state index in [1.165, 1.54) is 0 Å². The van der Waals surface area contributed by atoms with Crippen molar-refractivity contribution in [2.75, 3.05) is 0 Å². The maximum atomic E-state index is 11.5. The molecule has 72 valence electrons. The summed E-state index contributed by atoms with van der Waals surface area (Å²) in [7, 11) is -2.24. The number of rotatable bonds is 2. The van der Waals surface area contributed by atoms with E-state index in [1.54, 1.807) is 19.6 Å². The van der Waals surface area contributed by atoms with Crippen LogP contribution in [0.25, 0.3) is 0 Å². The summed E-state index contributed by atoms with van der Waals surface area (Å²) in [5, 5.41) is 10.4. The van der Waals surface area contributed by atoms with Gasteiger partial charge in [-0.05, 0) is 0 Å². The third-order valence-corrected chi connectivity index (χ3v) is 1.34. The maximum absolute atomic E-state index is 11.5. The van der Waals surface area contributed by atoms with Crippen LogP contribution in [-0.2, 0) is 4.53 Å². The molecule has 0 rings (SSSR count). The molecule has 0 heterocycles. The highest BCUT2D eigenvalue weighted by Gasteiger charge is 2.32. The van der Waals surface area contributed by atoms with Crippen LogP contribution in [0.5, 0.6) is 0 Å². The first-order chi connectivity index (χ1) is 5.10. The van der Waals surface area contributed by atoms with E-state index in [1.807, 2.05) is 0 Å². The molecular weight excluding hydrogens is 191 g/mol. The van der Waals surface area contributed by atoms with Crippen molar-refractivity contribution >= 4 is 14.5 Å². The fourth-order valence-corrected chi connectivity index (χ4v) is 1.01. The van der Waals surface area contributed by atoms with Crippen LogP contribution >= 0.6 is 0 Å². The van der Waals surface area contributed by atoms with Crippen molar-refractivity contribution in [3.8, 4) is 0 Å². The zero-order valence-corrected chi connectivity index (χ0v) is 7.97. The van der Waals surface area contributed by atoms with Gasteiger partial charge in [-0.3, -0.25) is 5.21 Å². The zero-order valence-electron chi connectivity index (χ0n) is 6.97. The van der Waals surface area contributed by atoms with Crippen LogP contribution in [0.2, 0.25) is 19.6 Å². The van der Waals surface area contributed by atoms with Crippen LogP contribution in [0.1, 0.15) is 0 Å². The molecule has 0 saturated heterocycles. The molecule has 0 N–H and O–H groups in total. The van der Waals surface area contributed by atoms with E-state index < -0.39 is 25.6 Å². The van der Waals surface area contributed by atoms with Gasteiger partial charge < -0.3 is 4.53 Å². The molecule has 7 heteroatoms. The molecule has 0 bridgehead atoms. The van der Waals surface area contributed by atoms with Crippen molar-refractivity contribution in [1.82, 2.24) is 0 Å². The summed E-state index contributed by atoms with van der Waals surface area (Å²) in [6, 6.07) is 0. The van der Waals surface area contributed by atoms with E-state index in [0.717, 1.165) is 0 Å². The Morgan fingerprint density at radius 2 is 1.75 bits per heavy atom. The van der Waals surface area contributed by atoms with Gasteiger partial charge in [0.05, 0.1) is 0 Å². The second-order valence-electron chi connectivity index (χ2n) is 3.16. The predicted molar refractivity (Wildman–Crippen MR) is 40.2 cm³/mol. The monoisotopic (exact) mass is 201 g/mol. The molecule has 0 aromatic rings. The zero-order chi connectivity index (χ0) is 9.99. The van der Waals surface area contributed by atoms with Gasteiger partial charge in [0.25, 0.3) is 0 Å². The lowest BCUT2D eigenvalue weighted by Gasteiger charge is -2.19. The van der Waals surface area contributed by atoms with Crippen LogP contribution in [0.15, 0.2) is 0 Å². The molecule has 0 aromatic carbocycles. The molecule has 12 heavy (non-hydrogen) atoms. The van der Waals surface area contributed by atoms with Crippen molar-refractivity contribution in [3.63, 3.8) is 0 Å². The third kappa shape index (κ3) is 7.38. The van der Waals surface area contributed by atoms with Gasteiger partial charge in [0.1, 0.15) is 0 Å². The van der Waals surface area contributed by atoms with Gasteiger partial charge in [-0.2, -0.15) is 13.2 Å². The Bertz CT molecular complexity index is 184. The molecule has 0 aliphatic carbocycles. The minimum atomic E-state index is -4.62. The van der Waals surface area contributed by atoms with Crippen molar-refractivity contribution < 1.29 is 22.6 Å². The largest absolute Gasteiger partial charge is 0.475 e. The summed E-state index contributed by atoms with van der Waals surface area (Å²) >= 11 is 0. The van der Waals surface area contributed by atoms with E-state index in [4.69, 9.17) is 0 Å². The standard InChI is InChI=1S/C5H10F3NO2Si/c1-12(2,3)11-9(10)4-5(6,7)8/h4H,1-3H3/b9-4+. The van der Waals surface area contributed by atoms with E-state index >= 15 is 0 Å². The fourth-order valence-electron chi connectivity index (χ4n) is 0.416. The molecule has 0 atom stereocenters. The van der Waals surface area contributed by atoms with E-state index in [-0.39, 0.29) is 0 Å². The molecule has 3 nitrogen and oxygen atoms in total. The van der Waals surface area contributed by atoms with E-state index in [9.17, 15) is 18.4 Å². The van der Waals surface area contributed by atoms with Gasteiger partial charge in [-0.15, -0.1) is 0 Å². The van der Waals surface area contributed by atoms with E-state index in [2.05, 4.69) is 4.53 Å². The quantitative estimate of drug-likeness (QED) is 0.296. The molecular formula is C5H10F3NO2Si.